The molecule has 0 aliphatic carbocycles. The second kappa shape index (κ2) is 7.46. The molecule has 3 aromatic carbocycles. The van der Waals surface area contributed by atoms with Gasteiger partial charge in [-0.25, -0.2) is 27.9 Å². The number of aromatic nitrogens is 2. The number of sulfonamides is 1. The van der Waals surface area contributed by atoms with Crippen LogP contribution < -0.4 is 15.8 Å². The molecule has 0 unspecified atom stereocenters. The summed E-state index contributed by atoms with van der Waals surface area (Å²) in [5, 5.41) is 12.2. The van der Waals surface area contributed by atoms with Crippen LogP contribution in [0.15, 0.2) is 77.8 Å². The van der Waals surface area contributed by atoms with Gasteiger partial charge in [0.2, 0.25) is 16.0 Å². The number of nitrogens with zero attached hydrogens (tertiary/aromatic N) is 2. The van der Waals surface area contributed by atoms with Crippen LogP contribution in [0.5, 0.6) is 0 Å². The molecule has 7 nitrogen and oxygen atoms in total. The number of anilines is 4. The zero-order valence-corrected chi connectivity index (χ0v) is 15.8. The molecule has 0 atom stereocenters. The topological polar surface area (TPSA) is 110 Å². The van der Waals surface area contributed by atoms with E-state index >= 15 is 0 Å². The Labute approximate surface area is 166 Å². The van der Waals surface area contributed by atoms with Gasteiger partial charge in [0.25, 0.3) is 0 Å². The van der Waals surface area contributed by atoms with Crippen LogP contribution in [0.1, 0.15) is 0 Å². The number of nitrogens with one attached hydrogen (secondary N) is 2. The van der Waals surface area contributed by atoms with Gasteiger partial charge in [-0.1, -0.05) is 12.1 Å². The first-order chi connectivity index (χ1) is 13.9. The SMILES string of the molecule is NS(=O)(=O)c1ccc(Nc2ncc3cccc(Nc4ccc(F)cc4)c3n2)cc1. The number of benzene rings is 3. The second-order valence-electron chi connectivity index (χ2n) is 6.26. The lowest BCUT2D eigenvalue weighted by Crippen LogP contribution is -2.11. The Morgan fingerprint density at radius 3 is 2.21 bits per heavy atom. The Morgan fingerprint density at radius 1 is 0.862 bits per heavy atom. The molecule has 4 N–H and O–H groups in total. The van der Waals surface area contributed by atoms with Crippen LogP contribution in [0, 0.1) is 5.82 Å². The molecule has 0 fully saturated rings. The van der Waals surface area contributed by atoms with Gasteiger partial charge >= 0.3 is 0 Å². The summed E-state index contributed by atoms with van der Waals surface area (Å²) < 4.78 is 35.9. The van der Waals surface area contributed by atoms with Gasteiger partial charge in [-0.3, -0.25) is 0 Å². The summed E-state index contributed by atoms with van der Waals surface area (Å²) in [6.45, 7) is 0. The zero-order valence-electron chi connectivity index (χ0n) is 15.0. The normalized spacial score (nSPS) is 11.4. The number of hydrogen-bond donors (Lipinski definition) is 3. The predicted octanol–water partition coefficient (Wildman–Crippen LogP) is 3.90. The van der Waals surface area contributed by atoms with E-state index in [9.17, 15) is 12.8 Å². The highest BCUT2D eigenvalue weighted by molar-refractivity contribution is 7.89. The summed E-state index contributed by atoms with van der Waals surface area (Å²) in [5.41, 5.74) is 2.76. The fourth-order valence-corrected chi connectivity index (χ4v) is 3.28. The van der Waals surface area contributed by atoms with E-state index in [1.165, 1.54) is 24.3 Å². The van der Waals surface area contributed by atoms with Crippen molar-refractivity contribution in [3.05, 3.63) is 78.7 Å². The molecule has 146 valence electrons. The van der Waals surface area contributed by atoms with Crippen molar-refractivity contribution in [2.45, 2.75) is 4.90 Å². The van der Waals surface area contributed by atoms with Crippen LogP contribution in [0.2, 0.25) is 0 Å². The van der Waals surface area contributed by atoms with Gasteiger partial charge in [0.05, 0.1) is 16.1 Å². The van der Waals surface area contributed by atoms with E-state index in [0.717, 1.165) is 16.8 Å². The first kappa shape index (κ1) is 18.8. The average molecular weight is 409 g/mol. The Morgan fingerprint density at radius 2 is 1.52 bits per heavy atom. The van der Waals surface area contributed by atoms with Gasteiger partial charge in [0, 0.05) is 23.0 Å². The van der Waals surface area contributed by atoms with Crippen LogP contribution in [0.4, 0.5) is 27.4 Å². The molecule has 0 saturated heterocycles. The fourth-order valence-electron chi connectivity index (χ4n) is 2.76. The van der Waals surface area contributed by atoms with Crippen molar-refractivity contribution >= 4 is 43.9 Å². The highest BCUT2D eigenvalue weighted by atomic mass is 32.2. The number of rotatable bonds is 5. The molecule has 0 amide bonds. The summed E-state index contributed by atoms with van der Waals surface area (Å²) in [4.78, 5) is 8.87. The van der Waals surface area contributed by atoms with Crippen LogP contribution in [-0.4, -0.2) is 18.4 Å². The molecule has 4 rings (SSSR count). The minimum atomic E-state index is -3.75. The summed E-state index contributed by atoms with van der Waals surface area (Å²) in [6.07, 6.45) is 1.68. The van der Waals surface area contributed by atoms with Crippen molar-refractivity contribution in [2.24, 2.45) is 5.14 Å². The summed E-state index contributed by atoms with van der Waals surface area (Å²) >= 11 is 0. The molecule has 0 bridgehead atoms. The molecule has 29 heavy (non-hydrogen) atoms. The standard InChI is InChI=1S/C20H16FN5O2S/c21-14-4-6-15(7-5-14)24-18-3-1-2-13-12-23-20(26-19(13)18)25-16-8-10-17(11-9-16)29(22,27)28/h1-12,24H,(H2,22,27,28)(H,23,25,26). The molecule has 4 aromatic rings. The largest absolute Gasteiger partial charge is 0.354 e. The van der Waals surface area contributed by atoms with E-state index in [0.29, 0.717) is 17.2 Å². The lowest BCUT2D eigenvalue weighted by atomic mass is 10.2. The maximum Gasteiger partial charge on any atom is 0.238 e. The van der Waals surface area contributed by atoms with Gasteiger partial charge in [-0.15, -0.1) is 0 Å². The predicted molar refractivity (Wildman–Crippen MR) is 110 cm³/mol. The third-order valence-corrected chi connectivity index (χ3v) is 5.10. The molecule has 0 radical (unpaired) electrons. The maximum atomic E-state index is 13.1. The lowest BCUT2D eigenvalue weighted by Gasteiger charge is -2.11. The number of halogens is 1. The summed E-state index contributed by atoms with van der Waals surface area (Å²) in [7, 11) is -3.75. The van der Waals surface area contributed by atoms with Crippen molar-refractivity contribution in [3.8, 4) is 0 Å². The molecule has 1 aromatic heterocycles. The Kier molecular flexibility index (Phi) is 4.83. The summed E-state index contributed by atoms with van der Waals surface area (Å²) in [5.74, 6) is 0.0324. The minimum Gasteiger partial charge on any atom is -0.354 e. The molecule has 9 heteroatoms. The third kappa shape index (κ3) is 4.31. The van der Waals surface area contributed by atoms with Gasteiger partial charge in [-0.2, -0.15) is 0 Å². The van der Waals surface area contributed by atoms with Crippen LogP contribution in [-0.2, 0) is 10.0 Å². The van der Waals surface area contributed by atoms with E-state index in [2.05, 4.69) is 20.6 Å². The summed E-state index contributed by atoms with van der Waals surface area (Å²) in [6, 6.07) is 17.6. The van der Waals surface area contributed by atoms with E-state index in [1.807, 2.05) is 18.2 Å². The van der Waals surface area contributed by atoms with Crippen LogP contribution >= 0.6 is 0 Å². The molecular weight excluding hydrogens is 393 g/mol. The van der Waals surface area contributed by atoms with Crippen molar-refractivity contribution in [3.63, 3.8) is 0 Å². The molecule has 0 saturated carbocycles. The molecule has 0 spiro atoms. The number of para-hydroxylation sites is 1. The first-order valence-corrected chi connectivity index (χ1v) is 10.1. The van der Waals surface area contributed by atoms with E-state index < -0.39 is 10.0 Å². The number of nitrogens with two attached hydrogens (primary N) is 1. The molecule has 1 heterocycles. The van der Waals surface area contributed by atoms with E-state index in [1.54, 1.807) is 30.5 Å². The molecule has 0 aliphatic rings. The Hall–Kier alpha value is -3.56. The molecule has 0 aliphatic heterocycles. The Bertz CT molecular complexity index is 1280. The second-order valence-corrected chi connectivity index (χ2v) is 7.82. The maximum absolute atomic E-state index is 13.1. The highest BCUT2D eigenvalue weighted by Gasteiger charge is 2.09. The molecular formula is C20H16FN5O2S. The van der Waals surface area contributed by atoms with E-state index in [-0.39, 0.29) is 10.7 Å². The smallest absolute Gasteiger partial charge is 0.238 e. The fraction of sp³-hybridized carbons (Fsp3) is 0. The number of primary sulfonamides is 1. The van der Waals surface area contributed by atoms with Crippen molar-refractivity contribution in [1.82, 2.24) is 9.97 Å². The van der Waals surface area contributed by atoms with Gasteiger partial charge in [0.1, 0.15) is 5.82 Å². The van der Waals surface area contributed by atoms with Gasteiger partial charge < -0.3 is 10.6 Å². The van der Waals surface area contributed by atoms with Crippen molar-refractivity contribution < 1.29 is 12.8 Å². The lowest BCUT2D eigenvalue weighted by molar-refractivity contribution is 0.598. The quantitative estimate of drug-likeness (QED) is 0.461. The van der Waals surface area contributed by atoms with Gasteiger partial charge in [-0.05, 0) is 54.6 Å². The highest BCUT2D eigenvalue weighted by Crippen LogP contribution is 2.26. The van der Waals surface area contributed by atoms with Gasteiger partial charge in [0.15, 0.2) is 0 Å². The number of fused-ring (bicyclic) bond motifs is 1. The average Bonchev–Trinajstić information content (AvgIpc) is 2.70. The Balaban J connectivity index is 1.63. The first-order valence-electron chi connectivity index (χ1n) is 8.57. The number of hydrogen-bond acceptors (Lipinski definition) is 6. The van der Waals surface area contributed by atoms with Crippen molar-refractivity contribution in [1.29, 1.82) is 0 Å². The van der Waals surface area contributed by atoms with Crippen LogP contribution in [0.25, 0.3) is 10.9 Å². The monoisotopic (exact) mass is 409 g/mol. The third-order valence-electron chi connectivity index (χ3n) is 4.17. The van der Waals surface area contributed by atoms with Crippen LogP contribution in [0.3, 0.4) is 0 Å². The van der Waals surface area contributed by atoms with E-state index in [4.69, 9.17) is 5.14 Å². The minimum absolute atomic E-state index is 0.0215. The van der Waals surface area contributed by atoms with Crippen molar-refractivity contribution in [2.75, 3.05) is 10.6 Å². The zero-order chi connectivity index (χ0) is 20.4.